The molecule has 2 N–H and O–H groups in total. The summed E-state index contributed by atoms with van der Waals surface area (Å²) in [4.78, 5) is 0. The highest BCUT2D eigenvalue weighted by atomic mass is 16.5. The predicted molar refractivity (Wildman–Crippen MR) is 52.4 cm³/mol. The molecule has 0 unspecified atom stereocenters. The summed E-state index contributed by atoms with van der Waals surface area (Å²) in [6.45, 7) is 0.895. The molecule has 0 atom stereocenters. The molecule has 1 saturated carbocycles. The number of benzene rings is 1. The first-order valence-corrected chi connectivity index (χ1v) is 4.90. The molecule has 1 aromatic carbocycles. The third-order valence-electron chi connectivity index (χ3n) is 3.29. The fourth-order valence-corrected chi connectivity index (χ4v) is 2.30. The Morgan fingerprint density at radius 1 is 1.43 bits per heavy atom. The van der Waals surface area contributed by atoms with Crippen molar-refractivity contribution in [3.8, 4) is 11.5 Å². The summed E-state index contributed by atoms with van der Waals surface area (Å²) >= 11 is 0. The molecule has 1 aliphatic carbocycles. The summed E-state index contributed by atoms with van der Waals surface area (Å²) in [6.07, 6.45) is 2.37. The molecule has 1 aliphatic heterocycles. The van der Waals surface area contributed by atoms with Gasteiger partial charge in [0.25, 0.3) is 0 Å². The van der Waals surface area contributed by atoms with Gasteiger partial charge >= 0.3 is 0 Å². The lowest BCUT2D eigenvalue weighted by molar-refractivity contribution is 0.372. The summed E-state index contributed by atoms with van der Waals surface area (Å²) in [6, 6.07) is 3.78. The Morgan fingerprint density at radius 2 is 2.21 bits per heavy atom. The molecule has 1 aromatic rings. The Bertz CT molecular complexity index is 397. The van der Waals surface area contributed by atoms with Gasteiger partial charge in [0.2, 0.25) is 0 Å². The van der Waals surface area contributed by atoms with Crippen LogP contribution in [0.1, 0.15) is 24.0 Å². The maximum absolute atomic E-state index is 9.68. The number of methoxy groups -OCH3 is 1. The van der Waals surface area contributed by atoms with Crippen molar-refractivity contribution in [2.75, 3.05) is 7.11 Å². The molecule has 3 heteroatoms. The van der Waals surface area contributed by atoms with E-state index in [1.165, 1.54) is 24.0 Å². The van der Waals surface area contributed by atoms with Crippen LogP contribution in [0.2, 0.25) is 0 Å². The highest BCUT2D eigenvalue weighted by Crippen LogP contribution is 2.52. The SMILES string of the molecule is COc1cc2c(cc1O)C1(CC1)NC2. The monoisotopic (exact) mass is 191 g/mol. The summed E-state index contributed by atoms with van der Waals surface area (Å²) in [5.41, 5.74) is 2.71. The molecule has 1 heterocycles. The van der Waals surface area contributed by atoms with Crippen molar-refractivity contribution in [1.82, 2.24) is 5.32 Å². The quantitative estimate of drug-likeness (QED) is 0.706. The van der Waals surface area contributed by atoms with Gasteiger partial charge in [-0.25, -0.2) is 0 Å². The maximum atomic E-state index is 9.68. The second-order valence-electron chi connectivity index (χ2n) is 4.12. The van der Waals surface area contributed by atoms with Crippen LogP contribution in [0.15, 0.2) is 12.1 Å². The van der Waals surface area contributed by atoms with Crippen molar-refractivity contribution < 1.29 is 9.84 Å². The van der Waals surface area contributed by atoms with Crippen LogP contribution in [0, 0.1) is 0 Å². The first-order valence-electron chi connectivity index (χ1n) is 4.90. The van der Waals surface area contributed by atoms with Crippen LogP contribution in [-0.2, 0) is 12.1 Å². The maximum Gasteiger partial charge on any atom is 0.160 e. The zero-order valence-electron chi connectivity index (χ0n) is 8.13. The highest BCUT2D eigenvalue weighted by molar-refractivity contribution is 5.52. The van der Waals surface area contributed by atoms with E-state index in [1.54, 1.807) is 7.11 Å². The lowest BCUT2D eigenvalue weighted by Gasteiger charge is -2.10. The van der Waals surface area contributed by atoms with E-state index in [2.05, 4.69) is 5.32 Å². The van der Waals surface area contributed by atoms with Crippen molar-refractivity contribution in [3.05, 3.63) is 23.3 Å². The minimum atomic E-state index is 0.194. The van der Waals surface area contributed by atoms with Gasteiger partial charge in [-0.3, -0.25) is 0 Å². The van der Waals surface area contributed by atoms with E-state index >= 15 is 0 Å². The van der Waals surface area contributed by atoms with Crippen molar-refractivity contribution >= 4 is 0 Å². The van der Waals surface area contributed by atoms with Crippen molar-refractivity contribution in [1.29, 1.82) is 0 Å². The number of aromatic hydroxyl groups is 1. The molecular weight excluding hydrogens is 178 g/mol. The highest BCUT2D eigenvalue weighted by Gasteiger charge is 2.48. The molecule has 0 bridgehead atoms. The number of hydrogen-bond donors (Lipinski definition) is 2. The lowest BCUT2D eigenvalue weighted by atomic mass is 10.0. The van der Waals surface area contributed by atoms with Crippen LogP contribution in [0.3, 0.4) is 0 Å². The van der Waals surface area contributed by atoms with Crippen molar-refractivity contribution in [3.63, 3.8) is 0 Å². The minimum Gasteiger partial charge on any atom is -0.504 e. The second kappa shape index (κ2) is 2.42. The summed E-state index contributed by atoms with van der Waals surface area (Å²) in [7, 11) is 1.58. The van der Waals surface area contributed by atoms with E-state index in [1.807, 2.05) is 12.1 Å². The standard InChI is InChI=1S/C11H13NO2/c1-14-10-4-7-6-12-11(2-3-11)8(7)5-9(10)13/h4-5,12-13H,2-3,6H2,1H3. The average molecular weight is 191 g/mol. The zero-order chi connectivity index (χ0) is 9.76. The van der Waals surface area contributed by atoms with E-state index < -0.39 is 0 Å². The molecule has 74 valence electrons. The number of hydrogen-bond acceptors (Lipinski definition) is 3. The van der Waals surface area contributed by atoms with Crippen molar-refractivity contribution in [2.24, 2.45) is 0 Å². The Kier molecular flexibility index (Phi) is 1.40. The van der Waals surface area contributed by atoms with Gasteiger partial charge in [0.1, 0.15) is 0 Å². The first kappa shape index (κ1) is 8.12. The molecule has 0 saturated heterocycles. The van der Waals surface area contributed by atoms with Gasteiger partial charge in [-0.15, -0.1) is 0 Å². The van der Waals surface area contributed by atoms with Crippen LogP contribution in [0.4, 0.5) is 0 Å². The van der Waals surface area contributed by atoms with Crippen LogP contribution >= 0.6 is 0 Å². The fourth-order valence-electron chi connectivity index (χ4n) is 2.30. The zero-order valence-corrected chi connectivity index (χ0v) is 8.13. The number of phenolic OH excluding ortho intramolecular Hbond substituents is 1. The molecule has 0 radical (unpaired) electrons. The van der Waals surface area contributed by atoms with Gasteiger partial charge < -0.3 is 15.2 Å². The van der Waals surface area contributed by atoms with Gasteiger partial charge in [0.05, 0.1) is 7.11 Å². The van der Waals surface area contributed by atoms with E-state index in [0.29, 0.717) is 5.75 Å². The third-order valence-corrected chi connectivity index (χ3v) is 3.29. The molecule has 0 aromatic heterocycles. The van der Waals surface area contributed by atoms with Crippen LogP contribution in [-0.4, -0.2) is 12.2 Å². The summed E-state index contributed by atoms with van der Waals surface area (Å²) in [5.74, 6) is 0.824. The third kappa shape index (κ3) is 0.904. The van der Waals surface area contributed by atoms with Crippen LogP contribution in [0.25, 0.3) is 0 Å². The summed E-state index contributed by atoms with van der Waals surface area (Å²) in [5, 5.41) is 13.2. The van der Waals surface area contributed by atoms with Gasteiger partial charge in [-0.2, -0.15) is 0 Å². The summed E-state index contributed by atoms with van der Waals surface area (Å²) < 4.78 is 5.08. The number of nitrogens with one attached hydrogen (secondary N) is 1. The number of phenols is 1. The molecule has 1 spiro atoms. The lowest BCUT2D eigenvalue weighted by Crippen LogP contribution is -2.19. The number of ether oxygens (including phenoxy) is 1. The second-order valence-corrected chi connectivity index (χ2v) is 4.12. The molecule has 3 rings (SSSR count). The van der Waals surface area contributed by atoms with Gasteiger partial charge in [0.15, 0.2) is 11.5 Å². The van der Waals surface area contributed by atoms with Gasteiger partial charge in [-0.1, -0.05) is 0 Å². The van der Waals surface area contributed by atoms with Crippen molar-refractivity contribution in [2.45, 2.75) is 24.9 Å². The molecular formula is C11H13NO2. The Hall–Kier alpha value is -1.22. The molecule has 2 aliphatic rings. The van der Waals surface area contributed by atoms with Crippen LogP contribution in [0.5, 0.6) is 11.5 Å². The largest absolute Gasteiger partial charge is 0.504 e. The Morgan fingerprint density at radius 3 is 2.86 bits per heavy atom. The van der Waals surface area contributed by atoms with Gasteiger partial charge in [0, 0.05) is 12.1 Å². The van der Waals surface area contributed by atoms with E-state index in [-0.39, 0.29) is 11.3 Å². The Balaban J connectivity index is 2.14. The molecule has 0 amide bonds. The topological polar surface area (TPSA) is 41.5 Å². The smallest absolute Gasteiger partial charge is 0.160 e. The normalized spacial score (nSPS) is 20.9. The van der Waals surface area contributed by atoms with Gasteiger partial charge in [-0.05, 0) is 36.1 Å². The minimum absolute atomic E-state index is 0.194. The fraction of sp³-hybridized carbons (Fsp3) is 0.455. The first-order chi connectivity index (χ1) is 6.75. The Labute approximate surface area is 82.7 Å². The number of fused-ring (bicyclic) bond motifs is 2. The molecule has 1 fully saturated rings. The van der Waals surface area contributed by atoms with E-state index in [4.69, 9.17) is 4.74 Å². The predicted octanol–water partition coefficient (Wildman–Crippen LogP) is 1.49. The van der Waals surface area contributed by atoms with E-state index in [0.717, 1.165) is 6.54 Å². The molecule has 14 heavy (non-hydrogen) atoms. The number of rotatable bonds is 1. The van der Waals surface area contributed by atoms with E-state index in [9.17, 15) is 5.11 Å². The molecule has 3 nitrogen and oxygen atoms in total. The average Bonchev–Trinajstić information content (AvgIpc) is 2.88. The van der Waals surface area contributed by atoms with Crippen LogP contribution < -0.4 is 10.1 Å².